The van der Waals surface area contributed by atoms with Crippen LogP contribution in [0.15, 0.2) is 54.6 Å². The van der Waals surface area contributed by atoms with Crippen molar-refractivity contribution in [2.24, 2.45) is 0 Å². The fourth-order valence-electron chi connectivity index (χ4n) is 2.01. The number of aromatic amines is 1. The minimum atomic E-state index is -0.432. The van der Waals surface area contributed by atoms with Gasteiger partial charge in [-0.2, -0.15) is 0 Å². The number of hydrogen-bond acceptors (Lipinski definition) is 1. The van der Waals surface area contributed by atoms with Crippen molar-refractivity contribution in [3.8, 4) is 11.3 Å². The molecule has 2 nitrogen and oxygen atoms in total. The third-order valence-corrected chi connectivity index (χ3v) is 3.17. The quantitative estimate of drug-likeness (QED) is 0.684. The molecule has 1 heterocycles. The van der Waals surface area contributed by atoms with E-state index in [0.29, 0.717) is 5.56 Å². The van der Waals surface area contributed by atoms with E-state index in [1.807, 2.05) is 30.3 Å². The second kappa shape index (κ2) is 4.31. The van der Waals surface area contributed by atoms with E-state index in [1.165, 1.54) is 5.39 Å². The summed E-state index contributed by atoms with van der Waals surface area (Å²) in [5.74, 6) is 0. The average molecular weight is 256 g/mol. The molecule has 0 aliphatic carbocycles. The van der Waals surface area contributed by atoms with Crippen LogP contribution in [0.5, 0.6) is 0 Å². The lowest BCUT2D eigenvalue weighted by Crippen LogP contribution is -1.87. The molecule has 0 amide bonds. The maximum absolute atomic E-state index is 11.0. The van der Waals surface area contributed by atoms with Crippen LogP contribution in [0.3, 0.4) is 0 Å². The summed E-state index contributed by atoms with van der Waals surface area (Å²) in [5, 5.41) is 0.739. The number of para-hydroxylation sites is 1. The maximum Gasteiger partial charge on any atom is 0.252 e. The van der Waals surface area contributed by atoms with Gasteiger partial charge in [-0.05, 0) is 41.4 Å². The molecule has 88 valence electrons. The van der Waals surface area contributed by atoms with Crippen LogP contribution in [-0.4, -0.2) is 10.2 Å². The third-order valence-electron chi connectivity index (χ3n) is 2.95. The van der Waals surface area contributed by atoms with Gasteiger partial charge in [-0.15, -0.1) is 0 Å². The number of H-pyrrole nitrogens is 1. The SMILES string of the molecule is O=C(Cl)c1ccc(-c2cc3ccccc3[nH]2)cc1. The molecule has 0 aliphatic rings. The Morgan fingerprint density at radius 2 is 1.72 bits per heavy atom. The van der Waals surface area contributed by atoms with Crippen LogP contribution in [0.4, 0.5) is 0 Å². The van der Waals surface area contributed by atoms with Gasteiger partial charge in [0.25, 0.3) is 5.24 Å². The Morgan fingerprint density at radius 1 is 1.00 bits per heavy atom. The van der Waals surface area contributed by atoms with Crippen LogP contribution in [0.2, 0.25) is 0 Å². The zero-order chi connectivity index (χ0) is 12.5. The fourth-order valence-corrected chi connectivity index (χ4v) is 2.14. The zero-order valence-electron chi connectivity index (χ0n) is 9.48. The highest BCUT2D eigenvalue weighted by Gasteiger charge is 2.05. The van der Waals surface area contributed by atoms with Crippen molar-refractivity contribution in [2.75, 3.05) is 0 Å². The van der Waals surface area contributed by atoms with Crippen molar-refractivity contribution in [3.63, 3.8) is 0 Å². The standard InChI is InChI=1S/C15H10ClNO/c16-15(18)11-7-5-10(6-8-11)14-9-12-3-1-2-4-13(12)17-14/h1-9,17H. The van der Waals surface area contributed by atoms with Crippen molar-refractivity contribution in [3.05, 3.63) is 60.2 Å². The van der Waals surface area contributed by atoms with Gasteiger partial charge in [-0.1, -0.05) is 30.3 Å². The first kappa shape index (κ1) is 11.1. The van der Waals surface area contributed by atoms with Crippen LogP contribution >= 0.6 is 11.6 Å². The molecule has 0 aliphatic heterocycles. The fraction of sp³-hybridized carbons (Fsp3) is 0. The van der Waals surface area contributed by atoms with Gasteiger partial charge >= 0.3 is 0 Å². The second-order valence-electron chi connectivity index (χ2n) is 4.12. The van der Waals surface area contributed by atoms with Gasteiger partial charge < -0.3 is 4.98 Å². The summed E-state index contributed by atoms with van der Waals surface area (Å²) in [5.41, 5.74) is 3.68. The van der Waals surface area contributed by atoms with E-state index in [0.717, 1.165) is 16.8 Å². The molecule has 3 aromatic rings. The second-order valence-corrected chi connectivity index (χ2v) is 4.46. The van der Waals surface area contributed by atoms with E-state index < -0.39 is 5.24 Å². The summed E-state index contributed by atoms with van der Waals surface area (Å²) in [6.45, 7) is 0. The summed E-state index contributed by atoms with van der Waals surface area (Å²) in [4.78, 5) is 14.3. The van der Waals surface area contributed by atoms with Crippen LogP contribution in [0.1, 0.15) is 10.4 Å². The highest BCUT2D eigenvalue weighted by molar-refractivity contribution is 6.67. The molecule has 1 aromatic heterocycles. The molecule has 18 heavy (non-hydrogen) atoms. The van der Waals surface area contributed by atoms with E-state index >= 15 is 0 Å². The Bertz CT molecular complexity index is 680. The highest BCUT2D eigenvalue weighted by atomic mass is 35.5. The third kappa shape index (κ3) is 1.91. The van der Waals surface area contributed by atoms with Gasteiger partial charge in [-0.3, -0.25) is 4.79 Å². The Kier molecular flexibility index (Phi) is 2.65. The van der Waals surface area contributed by atoms with Crippen LogP contribution in [0.25, 0.3) is 22.2 Å². The number of hydrogen-bond donors (Lipinski definition) is 1. The molecule has 0 fully saturated rings. The lowest BCUT2D eigenvalue weighted by atomic mass is 10.1. The first-order valence-corrected chi connectivity index (χ1v) is 6.00. The average Bonchev–Trinajstić information content (AvgIpc) is 2.82. The number of benzene rings is 2. The monoisotopic (exact) mass is 255 g/mol. The predicted octanol–water partition coefficient (Wildman–Crippen LogP) is 4.21. The molecule has 0 radical (unpaired) electrons. The number of halogens is 1. The molecule has 2 aromatic carbocycles. The van der Waals surface area contributed by atoms with Crippen molar-refractivity contribution < 1.29 is 4.79 Å². The van der Waals surface area contributed by atoms with E-state index in [1.54, 1.807) is 12.1 Å². The van der Waals surface area contributed by atoms with E-state index in [9.17, 15) is 4.79 Å². The molecule has 0 bridgehead atoms. The molecule has 3 heteroatoms. The van der Waals surface area contributed by atoms with Gasteiger partial charge in [0, 0.05) is 22.2 Å². The molecule has 0 saturated carbocycles. The first-order valence-electron chi connectivity index (χ1n) is 5.62. The minimum absolute atomic E-state index is 0.432. The molecular formula is C15H10ClNO. The highest BCUT2D eigenvalue weighted by Crippen LogP contribution is 2.24. The predicted molar refractivity (Wildman–Crippen MR) is 73.9 cm³/mol. The minimum Gasteiger partial charge on any atom is -0.355 e. The van der Waals surface area contributed by atoms with Crippen molar-refractivity contribution >= 4 is 27.7 Å². The number of aromatic nitrogens is 1. The Morgan fingerprint density at radius 3 is 2.39 bits per heavy atom. The van der Waals surface area contributed by atoms with Crippen LogP contribution < -0.4 is 0 Å². The molecule has 0 saturated heterocycles. The van der Waals surface area contributed by atoms with Crippen molar-refractivity contribution in [1.82, 2.24) is 4.98 Å². The Hall–Kier alpha value is -2.06. The van der Waals surface area contributed by atoms with Gasteiger partial charge in [-0.25, -0.2) is 0 Å². The largest absolute Gasteiger partial charge is 0.355 e. The number of rotatable bonds is 2. The van der Waals surface area contributed by atoms with Gasteiger partial charge in [0.15, 0.2) is 0 Å². The molecule has 0 atom stereocenters. The van der Waals surface area contributed by atoms with Gasteiger partial charge in [0.1, 0.15) is 0 Å². The topological polar surface area (TPSA) is 32.9 Å². The molecule has 1 N–H and O–H groups in total. The molecule has 3 rings (SSSR count). The Balaban J connectivity index is 2.06. The summed E-state index contributed by atoms with van der Waals surface area (Å²) < 4.78 is 0. The summed E-state index contributed by atoms with van der Waals surface area (Å²) in [6, 6.07) is 17.4. The number of fused-ring (bicyclic) bond motifs is 1. The number of carbonyl (C=O) groups is 1. The maximum atomic E-state index is 11.0. The van der Waals surface area contributed by atoms with Crippen molar-refractivity contribution in [1.29, 1.82) is 0 Å². The molecule has 0 unspecified atom stereocenters. The van der Waals surface area contributed by atoms with E-state index in [2.05, 4.69) is 17.1 Å². The summed E-state index contributed by atoms with van der Waals surface area (Å²) in [6.07, 6.45) is 0. The number of nitrogens with one attached hydrogen (secondary N) is 1. The summed E-state index contributed by atoms with van der Waals surface area (Å²) >= 11 is 5.42. The molecule has 0 spiro atoms. The smallest absolute Gasteiger partial charge is 0.252 e. The van der Waals surface area contributed by atoms with Crippen LogP contribution in [0, 0.1) is 0 Å². The lowest BCUT2D eigenvalue weighted by Gasteiger charge is -1.98. The lowest BCUT2D eigenvalue weighted by molar-refractivity contribution is 0.108. The first-order chi connectivity index (χ1) is 8.74. The van der Waals surface area contributed by atoms with Crippen molar-refractivity contribution in [2.45, 2.75) is 0 Å². The van der Waals surface area contributed by atoms with Gasteiger partial charge in [0.05, 0.1) is 0 Å². The summed E-state index contributed by atoms with van der Waals surface area (Å²) in [7, 11) is 0. The van der Waals surface area contributed by atoms with E-state index in [4.69, 9.17) is 11.6 Å². The zero-order valence-corrected chi connectivity index (χ0v) is 10.2. The normalized spacial score (nSPS) is 10.7. The van der Waals surface area contributed by atoms with E-state index in [-0.39, 0.29) is 0 Å². The molecular weight excluding hydrogens is 246 g/mol. The number of carbonyl (C=O) groups excluding carboxylic acids is 1. The Labute approximate surface area is 109 Å². The van der Waals surface area contributed by atoms with Crippen LogP contribution in [-0.2, 0) is 0 Å². The van der Waals surface area contributed by atoms with Gasteiger partial charge in [0.2, 0.25) is 0 Å².